The first kappa shape index (κ1) is 15.0. The van der Waals surface area contributed by atoms with Crippen molar-refractivity contribution in [3.63, 3.8) is 0 Å². The van der Waals surface area contributed by atoms with Crippen LogP contribution >= 0.6 is 11.8 Å². The lowest BCUT2D eigenvalue weighted by Gasteiger charge is -2.19. The topological polar surface area (TPSA) is 26.0 Å². The van der Waals surface area contributed by atoms with Crippen LogP contribution in [0.2, 0.25) is 0 Å². The fourth-order valence-electron chi connectivity index (χ4n) is 2.00. The molecule has 0 aliphatic carbocycles. The van der Waals surface area contributed by atoms with Crippen molar-refractivity contribution in [1.29, 1.82) is 0 Å². The van der Waals surface area contributed by atoms with E-state index in [2.05, 4.69) is 57.2 Å². The maximum atomic E-state index is 5.69. The minimum Gasteiger partial charge on any atom is -0.399 e. The van der Waals surface area contributed by atoms with Gasteiger partial charge in [-0.05, 0) is 34.2 Å². The third kappa shape index (κ3) is 4.31. The maximum Gasteiger partial charge on any atom is 0.0314 e. The lowest BCUT2D eigenvalue weighted by Crippen LogP contribution is -2.10. The highest BCUT2D eigenvalue weighted by Crippen LogP contribution is 2.24. The molecule has 106 valence electrons. The molecule has 20 heavy (non-hydrogen) atoms. The fraction of sp³-hybridized carbons (Fsp3) is 0.333. The van der Waals surface area contributed by atoms with Crippen LogP contribution in [0, 0.1) is 0 Å². The lowest BCUT2D eigenvalue weighted by atomic mass is 9.87. The van der Waals surface area contributed by atoms with Crippen molar-refractivity contribution in [3.8, 4) is 0 Å². The van der Waals surface area contributed by atoms with Gasteiger partial charge in [-0.1, -0.05) is 57.2 Å². The van der Waals surface area contributed by atoms with E-state index in [9.17, 15) is 0 Å². The van der Waals surface area contributed by atoms with Crippen molar-refractivity contribution < 1.29 is 0 Å². The number of thioether (sulfide) groups is 1. The van der Waals surface area contributed by atoms with Crippen molar-refractivity contribution in [1.82, 2.24) is 0 Å². The molecule has 1 nitrogen and oxygen atoms in total. The van der Waals surface area contributed by atoms with Crippen LogP contribution in [0.25, 0.3) is 0 Å². The second kappa shape index (κ2) is 6.36. The van der Waals surface area contributed by atoms with Gasteiger partial charge in [-0.2, -0.15) is 11.8 Å². The van der Waals surface area contributed by atoms with E-state index in [4.69, 9.17) is 5.73 Å². The third-order valence-electron chi connectivity index (χ3n) is 3.34. The van der Waals surface area contributed by atoms with Crippen molar-refractivity contribution in [2.24, 2.45) is 0 Å². The highest BCUT2D eigenvalue weighted by atomic mass is 32.2. The minimum atomic E-state index is 0.232. The van der Waals surface area contributed by atoms with Crippen LogP contribution in [-0.2, 0) is 16.9 Å². The zero-order valence-electron chi connectivity index (χ0n) is 12.5. The van der Waals surface area contributed by atoms with Gasteiger partial charge in [0.15, 0.2) is 0 Å². The highest BCUT2D eigenvalue weighted by molar-refractivity contribution is 7.97. The Bertz CT molecular complexity index is 535. The summed E-state index contributed by atoms with van der Waals surface area (Å²) in [6.07, 6.45) is 0. The number of hydrogen-bond donors (Lipinski definition) is 1. The van der Waals surface area contributed by atoms with Gasteiger partial charge in [0.1, 0.15) is 0 Å². The van der Waals surface area contributed by atoms with E-state index in [0.29, 0.717) is 0 Å². The summed E-state index contributed by atoms with van der Waals surface area (Å²) in [5.74, 6) is 2.08. The van der Waals surface area contributed by atoms with E-state index >= 15 is 0 Å². The molecule has 2 aromatic rings. The Morgan fingerprint density at radius 1 is 0.800 bits per heavy atom. The van der Waals surface area contributed by atoms with Gasteiger partial charge in [-0.25, -0.2) is 0 Å². The van der Waals surface area contributed by atoms with Gasteiger partial charge >= 0.3 is 0 Å². The van der Waals surface area contributed by atoms with Gasteiger partial charge in [-0.15, -0.1) is 0 Å². The fourth-order valence-corrected chi connectivity index (χ4v) is 2.96. The molecule has 2 aromatic carbocycles. The summed E-state index contributed by atoms with van der Waals surface area (Å²) in [5, 5.41) is 0. The third-order valence-corrected chi connectivity index (χ3v) is 4.41. The van der Waals surface area contributed by atoms with E-state index in [1.54, 1.807) is 0 Å². The SMILES string of the molecule is CC(C)(C)c1ccc(CSCc2ccc(N)cc2)cc1. The minimum absolute atomic E-state index is 0.232. The molecular weight excluding hydrogens is 262 g/mol. The molecule has 2 rings (SSSR count). The average Bonchev–Trinajstić information content (AvgIpc) is 2.41. The zero-order chi connectivity index (χ0) is 14.6. The van der Waals surface area contributed by atoms with Gasteiger partial charge < -0.3 is 5.73 Å². The normalized spacial score (nSPS) is 11.6. The summed E-state index contributed by atoms with van der Waals surface area (Å²) >= 11 is 1.94. The van der Waals surface area contributed by atoms with Crippen LogP contribution < -0.4 is 5.73 Å². The lowest BCUT2D eigenvalue weighted by molar-refractivity contribution is 0.590. The first-order chi connectivity index (χ1) is 9.45. The van der Waals surface area contributed by atoms with Crippen molar-refractivity contribution in [2.75, 3.05) is 5.73 Å². The Hall–Kier alpha value is -1.41. The molecule has 0 aromatic heterocycles. The highest BCUT2D eigenvalue weighted by Gasteiger charge is 2.12. The first-order valence-corrected chi connectivity index (χ1v) is 8.12. The standard InChI is InChI=1S/C18H23NS/c1-18(2,3)16-8-4-14(5-9-16)12-20-13-15-6-10-17(19)11-7-15/h4-11H,12-13,19H2,1-3H3. The predicted molar refractivity (Wildman–Crippen MR) is 91.0 cm³/mol. The largest absolute Gasteiger partial charge is 0.399 e. The average molecular weight is 285 g/mol. The second-order valence-corrected chi connectivity index (χ2v) is 7.17. The molecule has 0 amide bonds. The van der Waals surface area contributed by atoms with Crippen molar-refractivity contribution in [3.05, 3.63) is 65.2 Å². The quantitative estimate of drug-likeness (QED) is 0.800. The number of hydrogen-bond acceptors (Lipinski definition) is 2. The summed E-state index contributed by atoms with van der Waals surface area (Å²) in [4.78, 5) is 0. The van der Waals surface area contributed by atoms with Crippen LogP contribution in [0.1, 0.15) is 37.5 Å². The van der Waals surface area contributed by atoms with Crippen LogP contribution in [0.5, 0.6) is 0 Å². The maximum absolute atomic E-state index is 5.69. The molecule has 0 spiro atoms. The zero-order valence-corrected chi connectivity index (χ0v) is 13.3. The number of nitrogen functional groups attached to an aromatic ring is 1. The number of nitrogens with two attached hydrogens (primary N) is 1. The van der Waals surface area contributed by atoms with E-state index in [0.717, 1.165) is 17.2 Å². The number of benzene rings is 2. The van der Waals surface area contributed by atoms with E-state index < -0.39 is 0 Å². The molecule has 0 unspecified atom stereocenters. The Labute approximate surface area is 126 Å². The molecule has 0 aliphatic rings. The van der Waals surface area contributed by atoms with Crippen LogP contribution in [0.3, 0.4) is 0 Å². The Balaban J connectivity index is 1.87. The van der Waals surface area contributed by atoms with E-state index in [-0.39, 0.29) is 5.41 Å². The summed E-state index contributed by atoms with van der Waals surface area (Å²) in [5.41, 5.74) is 10.9. The van der Waals surface area contributed by atoms with Crippen molar-refractivity contribution >= 4 is 17.4 Å². The molecule has 0 heterocycles. The molecule has 2 N–H and O–H groups in total. The molecule has 0 saturated heterocycles. The Morgan fingerprint density at radius 2 is 1.25 bits per heavy atom. The molecule has 2 heteroatoms. The van der Waals surface area contributed by atoms with Crippen LogP contribution in [-0.4, -0.2) is 0 Å². The molecule has 0 bridgehead atoms. The molecular formula is C18H23NS. The second-order valence-electron chi connectivity index (χ2n) is 6.18. The van der Waals surface area contributed by atoms with E-state index in [1.807, 2.05) is 23.9 Å². The molecule has 0 aliphatic heterocycles. The summed E-state index contributed by atoms with van der Waals surface area (Å²) < 4.78 is 0. The molecule has 0 atom stereocenters. The van der Waals surface area contributed by atoms with E-state index in [1.165, 1.54) is 16.7 Å². The summed E-state index contributed by atoms with van der Waals surface area (Å²) in [6, 6.07) is 17.1. The van der Waals surface area contributed by atoms with Crippen LogP contribution in [0.15, 0.2) is 48.5 Å². The molecule has 0 radical (unpaired) electrons. The monoisotopic (exact) mass is 285 g/mol. The Kier molecular flexibility index (Phi) is 4.77. The Morgan fingerprint density at radius 3 is 1.70 bits per heavy atom. The van der Waals surface area contributed by atoms with Gasteiger partial charge in [0.25, 0.3) is 0 Å². The summed E-state index contributed by atoms with van der Waals surface area (Å²) in [6.45, 7) is 6.74. The van der Waals surface area contributed by atoms with Gasteiger partial charge in [0, 0.05) is 17.2 Å². The van der Waals surface area contributed by atoms with Gasteiger partial charge in [0.2, 0.25) is 0 Å². The van der Waals surface area contributed by atoms with Gasteiger partial charge in [-0.3, -0.25) is 0 Å². The van der Waals surface area contributed by atoms with Crippen LogP contribution in [0.4, 0.5) is 5.69 Å². The smallest absolute Gasteiger partial charge is 0.0314 e. The number of rotatable bonds is 4. The molecule has 0 fully saturated rings. The van der Waals surface area contributed by atoms with Gasteiger partial charge in [0.05, 0.1) is 0 Å². The van der Waals surface area contributed by atoms with Crippen molar-refractivity contribution in [2.45, 2.75) is 37.7 Å². The summed E-state index contributed by atoms with van der Waals surface area (Å²) in [7, 11) is 0. The molecule has 0 saturated carbocycles. The number of anilines is 1. The predicted octanol–water partition coefficient (Wildman–Crippen LogP) is 5.00. The first-order valence-electron chi connectivity index (χ1n) is 6.97.